The fourth-order valence-electron chi connectivity index (χ4n) is 4.08. The van der Waals surface area contributed by atoms with Gasteiger partial charge in [-0.05, 0) is 31.7 Å². The monoisotopic (exact) mass is 373 g/mol. The lowest BCUT2D eigenvalue weighted by Crippen LogP contribution is -2.52. The summed E-state index contributed by atoms with van der Waals surface area (Å²) in [5.74, 6) is 1.43. The molecule has 2 fully saturated rings. The van der Waals surface area contributed by atoms with Gasteiger partial charge in [-0.25, -0.2) is 9.97 Å². The molecule has 0 atom stereocenters. The van der Waals surface area contributed by atoms with Crippen molar-refractivity contribution in [1.29, 1.82) is 0 Å². The molecule has 0 unspecified atom stereocenters. The summed E-state index contributed by atoms with van der Waals surface area (Å²) in [4.78, 5) is 40.1. The lowest BCUT2D eigenvalue weighted by atomic mass is 9.93. The Labute approximate surface area is 161 Å². The molecule has 0 radical (unpaired) electrons. The smallest absolute Gasteiger partial charge is 0.225 e. The zero-order valence-electron chi connectivity index (χ0n) is 16.5. The van der Waals surface area contributed by atoms with Crippen LogP contribution in [-0.2, 0) is 9.59 Å². The summed E-state index contributed by atoms with van der Waals surface area (Å²) in [5, 5.41) is 0. The summed E-state index contributed by atoms with van der Waals surface area (Å²) < 4.78 is 0. The van der Waals surface area contributed by atoms with Crippen LogP contribution in [0, 0.1) is 11.8 Å². The van der Waals surface area contributed by atoms with Gasteiger partial charge < -0.3 is 14.7 Å². The number of rotatable bonds is 5. The molecule has 2 amide bonds. The predicted octanol–water partition coefficient (Wildman–Crippen LogP) is 1.80. The topological polar surface area (TPSA) is 69.6 Å². The lowest BCUT2D eigenvalue weighted by molar-refractivity contribution is -0.143. The first-order chi connectivity index (χ1) is 13.1. The summed E-state index contributed by atoms with van der Waals surface area (Å²) in [6, 6.07) is 1.81. The van der Waals surface area contributed by atoms with Crippen molar-refractivity contribution in [2.45, 2.75) is 39.5 Å². The van der Waals surface area contributed by atoms with Crippen molar-refractivity contribution in [3.63, 3.8) is 0 Å². The molecule has 3 heterocycles. The van der Waals surface area contributed by atoms with E-state index in [0.717, 1.165) is 44.7 Å². The zero-order valence-corrected chi connectivity index (χ0v) is 16.5. The molecule has 2 aliphatic rings. The molecule has 2 aliphatic heterocycles. The van der Waals surface area contributed by atoms with E-state index < -0.39 is 0 Å². The second kappa shape index (κ2) is 9.15. The minimum absolute atomic E-state index is 0.0512. The first-order valence-corrected chi connectivity index (χ1v) is 10.2. The van der Waals surface area contributed by atoms with E-state index >= 15 is 0 Å². The molecule has 7 heteroatoms. The highest BCUT2D eigenvalue weighted by molar-refractivity contribution is 5.81. The van der Waals surface area contributed by atoms with Gasteiger partial charge >= 0.3 is 0 Å². The number of hydrogen-bond acceptors (Lipinski definition) is 5. The number of aromatic nitrogens is 2. The van der Waals surface area contributed by atoms with Crippen molar-refractivity contribution < 1.29 is 9.59 Å². The van der Waals surface area contributed by atoms with Crippen LogP contribution >= 0.6 is 0 Å². The number of nitrogens with zero attached hydrogens (tertiary/aromatic N) is 5. The van der Waals surface area contributed by atoms with Gasteiger partial charge in [0, 0.05) is 63.5 Å². The van der Waals surface area contributed by atoms with E-state index in [-0.39, 0.29) is 23.7 Å². The third-order valence-corrected chi connectivity index (χ3v) is 5.92. The van der Waals surface area contributed by atoms with Crippen molar-refractivity contribution in [1.82, 2.24) is 19.8 Å². The molecule has 0 aromatic carbocycles. The van der Waals surface area contributed by atoms with Gasteiger partial charge in [0.15, 0.2) is 0 Å². The van der Waals surface area contributed by atoms with Crippen LogP contribution in [0.4, 0.5) is 5.95 Å². The van der Waals surface area contributed by atoms with Crippen molar-refractivity contribution in [3.05, 3.63) is 18.5 Å². The second-order valence-corrected chi connectivity index (χ2v) is 7.47. The molecule has 0 spiro atoms. The fraction of sp³-hybridized carbons (Fsp3) is 0.700. The molecule has 27 heavy (non-hydrogen) atoms. The average molecular weight is 374 g/mol. The molecule has 0 saturated carbocycles. The Bertz CT molecular complexity index is 619. The summed E-state index contributed by atoms with van der Waals surface area (Å²) in [7, 11) is 0. The molecular weight excluding hydrogens is 342 g/mol. The molecule has 0 N–H and O–H groups in total. The van der Waals surface area contributed by atoms with Crippen molar-refractivity contribution in [3.8, 4) is 0 Å². The van der Waals surface area contributed by atoms with Gasteiger partial charge in [-0.3, -0.25) is 9.59 Å². The Balaban J connectivity index is 1.47. The second-order valence-electron chi connectivity index (χ2n) is 7.47. The van der Waals surface area contributed by atoms with Gasteiger partial charge in [0.05, 0.1) is 0 Å². The molecule has 1 aromatic heterocycles. The molecule has 0 aliphatic carbocycles. The van der Waals surface area contributed by atoms with Gasteiger partial charge in [-0.15, -0.1) is 0 Å². The van der Waals surface area contributed by atoms with Crippen LogP contribution < -0.4 is 4.90 Å². The average Bonchev–Trinajstić information content (AvgIpc) is 2.75. The van der Waals surface area contributed by atoms with Crippen LogP contribution in [0.25, 0.3) is 0 Å². The Morgan fingerprint density at radius 3 is 2.11 bits per heavy atom. The maximum atomic E-state index is 12.9. The quantitative estimate of drug-likeness (QED) is 0.787. The summed E-state index contributed by atoms with van der Waals surface area (Å²) in [5.41, 5.74) is 0. The molecule has 7 nitrogen and oxygen atoms in total. The zero-order chi connectivity index (χ0) is 19.2. The van der Waals surface area contributed by atoms with E-state index in [1.165, 1.54) is 0 Å². The van der Waals surface area contributed by atoms with Crippen molar-refractivity contribution in [2.75, 3.05) is 44.2 Å². The molecule has 1 aromatic rings. The number of carbonyl (C=O) groups excluding carboxylic acids is 2. The van der Waals surface area contributed by atoms with Gasteiger partial charge in [0.1, 0.15) is 0 Å². The number of amides is 2. The van der Waals surface area contributed by atoms with Crippen LogP contribution in [0.15, 0.2) is 18.5 Å². The Kier molecular flexibility index (Phi) is 6.63. The van der Waals surface area contributed by atoms with Crippen LogP contribution in [0.5, 0.6) is 0 Å². The Morgan fingerprint density at radius 2 is 1.56 bits per heavy atom. The van der Waals surface area contributed by atoms with E-state index in [9.17, 15) is 9.59 Å². The van der Waals surface area contributed by atoms with E-state index in [1.54, 1.807) is 12.4 Å². The molecule has 3 rings (SSSR count). The molecule has 2 saturated heterocycles. The highest BCUT2D eigenvalue weighted by Gasteiger charge is 2.33. The Morgan fingerprint density at radius 1 is 0.963 bits per heavy atom. The highest BCUT2D eigenvalue weighted by atomic mass is 16.2. The number of anilines is 1. The number of hydrogen-bond donors (Lipinski definition) is 0. The normalized spacial score (nSPS) is 18.9. The van der Waals surface area contributed by atoms with E-state index in [2.05, 4.69) is 28.7 Å². The largest absolute Gasteiger partial charge is 0.342 e. The van der Waals surface area contributed by atoms with Gasteiger partial charge in [0.2, 0.25) is 17.8 Å². The molecule has 148 valence electrons. The first kappa shape index (κ1) is 19.6. The minimum Gasteiger partial charge on any atom is -0.342 e. The van der Waals surface area contributed by atoms with Gasteiger partial charge in [0.25, 0.3) is 0 Å². The van der Waals surface area contributed by atoms with E-state index in [0.29, 0.717) is 26.2 Å². The first-order valence-electron chi connectivity index (χ1n) is 10.2. The summed E-state index contributed by atoms with van der Waals surface area (Å²) in [6.45, 7) is 8.52. The van der Waals surface area contributed by atoms with Crippen LogP contribution in [0.1, 0.15) is 39.5 Å². The standard InChI is InChI=1S/C20H31N5O2/c1-3-16(4-2)18(26)23-10-6-17(7-11-23)19(27)24-12-14-25(15-13-24)20-21-8-5-9-22-20/h5,8-9,16-17H,3-4,6-7,10-15H2,1-2H3. The van der Waals surface area contributed by atoms with Crippen LogP contribution in [0.2, 0.25) is 0 Å². The minimum atomic E-state index is 0.0512. The van der Waals surface area contributed by atoms with Crippen molar-refractivity contribution >= 4 is 17.8 Å². The fourth-order valence-corrected chi connectivity index (χ4v) is 4.08. The van der Waals surface area contributed by atoms with Crippen LogP contribution in [0.3, 0.4) is 0 Å². The van der Waals surface area contributed by atoms with Crippen LogP contribution in [-0.4, -0.2) is 70.9 Å². The van der Waals surface area contributed by atoms with Gasteiger partial charge in [-0.2, -0.15) is 0 Å². The Hall–Kier alpha value is -2.18. The SMILES string of the molecule is CCC(CC)C(=O)N1CCC(C(=O)N2CCN(c3ncccn3)CC2)CC1. The number of carbonyl (C=O) groups is 2. The number of likely N-dealkylation sites (tertiary alicyclic amines) is 1. The maximum Gasteiger partial charge on any atom is 0.225 e. The molecule has 0 bridgehead atoms. The lowest BCUT2D eigenvalue weighted by Gasteiger charge is -2.39. The third kappa shape index (κ3) is 4.57. The summed E-state index contributed by atoms with van der Waals surface area (Å²) in [6.07, 6.45) is 6.85. The number of piperazine rings is 1. The predicted molar refractivity (Wildman–Crippen MR) is 104 cm³/mol. The molecular formula is C20H31N5O2. The van der Waals surface area contributed by atoms with E-state index in [4.69, 9.17) is 0 Å². The number of piperidine rings is 1. The van der Waals surface area contributed by atoms with Crippen molar-refractivity contribution in [2.24, 2.45) is 11.8 Å². The maximum absolute atomic E-state index is 12.9. The summed E-state index contributed by atoms with van der Waals surface area (Å²) >= 11 is 0. The third-order valence-electron chi connectivity index (χ3n) is 5.92. The van der Waals surface area contributed by atoms with Gasteiger partial charge in [-0.1, -0.05) is 13.8 Å². The van der Waals surface area contributed by atoms with E-state index in [1.807, 2.05) is 15.9 Å². The highest BCUT2D eigenvalue weighted by Crippen LogP contribution is 2.23.